The summed E-state index contributed by atoms with van der Waals surface area (Å²) in [5, 5.41) is 4.24. The van der Waals surface area contributed by atoms with Crippen molar-refractivity contribution in [2.24, 2.45) is 0 Å². The number of carbonyl (C=O) groups is 1. The number of halogens is 3. The highest BCUT2D eigenvalue weighted by atomic mass is 79.9. The molecule has 0 saturated heterocycles. The van der Waals surface area contributed by atoms with Gasteiger partial charge in [0.1, 0.15) is 0 Å². The predicted octanol–water partition coefficient (Wildman–Crippen LogP) is 4.00. The van der Waals surface area contributed by atoms with Crippen LogP contribution in [0.1, 0.15) is 17.3 Å². The fourth-order valence-electron chi connectivity index (χ4n) is 1.16. The first-order valence-electron chi connectivity index (χ1n) is 4.42. The Bertz CT molecular complexity index is 359. The van der Waals surface area contributed by atoms with Gasteiger partial charge in [-0.25, -0.2) is 0 Å². The average Bonchev–Trinajstić information content (AvgIpc) is 2.22. The van der Waals surface area contributed by atoms with E-state index in [1.165, 1.54) is 0 Å². The number of ketones is 1. The van der Waals surface area contributed by atoms with Crippen LogP contribution in [0, 0.1) is 0 Å². The number of anilines is 1. The molecule has 0 bridgehead atoms. The Hall–Kier alpha value is -0.250. The van der Waals surface area contributed by atoms with Gasteiger partial charge in [0.2, 0.25) is 0 Å². The molecule has 0 radical (unpaired) electrons. The topological polar surface area (TPSA) is 29.1 Å². The van der Waals surface area contributed by atoms with Crippen LogP contribution in [0.25, 0.3) is 0 Å². The molecule has 82 valence electrons. The lowest BCUT2D eigenvalue weighted by Gasteiger charge is -2.09. The van der Waals surface area contributed by atoms with Gasteiger partial charge in [0.15, 0.2) is 5.78 Å². The first-order chi connectivity index (χ1) is 7.10. The molecule has 5 heteroatoms. The Morgan fingerprint density at radius 3 is 2.33 bits per heavy atom. The standard InChI is InChI=1S/C10H10BrCl2NO/c1-2-14-10-7(12)3-6(4-8(10)13)9(15)5-11/h3-4,14H,2,5H2,1H3. The molecule has 0 atom stereocenters. The van der Waals surface area contributed by atoms with E-state index < -0.39 is 0 Å². The highest BCUT2D eigenvalue weighted by Crippen LogP contribution is 2.31. The smallest absolute Gasteiger partial charge is 0.173 e. The Morgan fingerprint density at radius 1 is 1.40 bits per heavy atom. The molecule has 0 aromatic heterocycles. The predicted molar refractivity (Wildman–Crippen MR) is 68.8 cm³/mol. The second-order valence-corrected chi connectivity index (χ2v) is 4.28. The lowest BCUT2D eigenvalue weighted by Crippen LogP contribution is -2.03. The van der Waals surface area contributed by atoms with Gasteiger partial charge in [0.05, 0.1) is 21.1 Å². The molecular formula is C10H10BrCl2NO. The van der Waals surface area contributed by atoms with Gasteiger partial charge >= 0.3 is 0 Å². The number of nitrogens with one attached hydrogen (secondary N) is 1. The first-order valence-corrected chi connectivity index (χ1v) is 6.30. The van der Waals surface area contributed by atoms with Crippen LogP contribution in [0.2, 0.25) is 10.0 Å². The maximum atomic E-state index is 11.4. The molecule has 0 aliphatic heterocycles. The summed E-state index contributed by atoms with van der Waals surface area (Å²) >= 11 is 15.1. The summed E-state index contributed by atoms with van der Waals surface area (Å²) in [5.41, 5.74) is 1.19. The Balaban J connectivity index is 3.13. The van der Waals surface area contributed by atoms with Crippen LogP contribution in [0.15, 0.2) is 12.1 Å². The van der Waals surface area contributed by atoms with Crippen molar-refractivity contribution >= 4 is 50.6 Å². The lowest BCUT2D eigenvalue weighted by molar-refractivity contribution is 0.102. The van der Waals surface area contributed by atoms with Crippen molar-refractivity contribution in [2.45, 2.75) is 6.92 Å². The zero-order valence-electron chi connectivity index (χ0n) is 8.11. The molecule has 0 saturated carbocycles. The Labute approximate surface area is 107 Å². The summed E-state index contributed by atoms with van der Waals surface area (Å²) in [6.45, 7) is 2.68. The summed E-state index contributed by atoms with van der Waals surface area (Å²) in [7, 11) is 0. The summed E-state index contributed by atoms with van der Waals surface area (Å²) in [6, 6.07) is 3.24. The van der Waals surface area contributed by atoms with Gasteiger partial charge in [-0.3, -0.25) is 4.79 Å². The van der Waals surface area contributed by atoms with E-state index in [2.05, 4.69) is 21.2 Å². The zero-order valence-corrected chi connectivity index (χ0v) is 11.2. The molecule has 15 heavy (non-hydrogen) atoms. The molecular weight excluding hydrogens is 301 g/mol. The molecule has 0 unspecified atom stereocenters. The van der Waals surface area contributed by atoms with Crippen molar-refractivity contribution in [1.29, 1.82) is 0 Å². The van der Waals surface area contributed by atoms with Crippen molar-refractivity contribution in [1.82, 2.24) is 0 Å². The third kappa shape index (κ3) is 3.10. The molecule has 1 rings (SSSR count). The highest BCUT2D eigenvalue weighted by molar-refractivity contribution is 9.09. The highest BCUT2D eigenvalue weighted by Gasteiger charge is 2.11. The number of carbonyl (C=O) groups excluding carboxylic acids is 1. The molecule has 0 spiro atoms. The second kappa shape index (κ2) is 5.73. The summed E-state index contributed by atoms with van der Waals surface area (Å²) in [4.78, 5) is 11.4. The van der Waals surface area contributed by atoms with E-state index in [4.69, 9.17) is 23.2 Å². The third-order valence-electron chi connectivity index (χ3n) is 1.84. The molecule has 0 fully saturated rings. The molecule has 0 aliphatic rings. The molecule has 0 aliphatic carbocycles. The number of hydrogen-bond donors (Lipinski definition) is 1. The number of hydrogen-bond acceptors (Lipinski definition) is 2. The van der Waals surface area contributed by atoms with Crippen molar-refractivity contribution in [3.63, 3.8) is 0 Å². The van der Waals surface area contributed by atoms with E-state index >= 15 is 0 Å². The van der Waals surface area contributed by atoms with Crippen LogP contribution >= 0.6 is 39.1 Å². The summed E-state index contributed by atoms with van der Waals surface area (Å²) < 4.78 is 0. The number of rotatable bonds is 4. The van der Waals surface area contributed by atoms with Gasteiger partial charge in [-0.2, -0.15) is 0 Å². The van der Waals surface area contributed by atoms with Crippen LogP contribution in [0.4, 0.5) is 5.69 Å². The Kier molecular flexibility index (Phi) is 4.90. The quantitative estimate of drug-likeness (QED) is 0.672. The maximum absolute atomic E-state index is 11.4. The molecule has 1 N–H and O–H groups in total. The molecule has 1 aromatic carbocycles. The van der Waals surface area contributed by atoms with E-state index in [9.17, 15) is 4.79 Å². The summed E-state index contributed by atoms with van der Waals surface area (Å²) in [5.74, 6) is -0.0400. The van der Waals surface area contributed by atoms with Crippen LogP contribution in [-0.4, -0.2) is 17.7 Å². The third-order valence-corrected chi connectivity index (χ3v) is 2.94. The number of Topliss-reactive ketones (excluding diaryl/α,β-unsaturated/α-hetero) is 1. The van der Waals surface area contributed by atoms with Gasteiger partial charge in [-0.15, -0.1) is 0 Å². The molecule has 2 nitrogen and oxygen atoms in total. The van der Waals surface area contributed by atoms with Crippen LogP contribution in [0.3, 0.4) is 0 Å². The van der Waals surface area contributed by atoms with Crippen LogP contribution in [0.5, 0.6) is 0 Å². The molecule has 0 amide bonds. The minimum absolute atomic E-state index is 0.0400. The van der Waals surface area contributed by atoms with E-state index in [-0.39, 0.29) is 11.1 Å². The first kappa shape index (κ1) is 12.8. The second-order valence-electron chi connectivity index (χ2n) is 2.90. The normalized spacial score (nSPS) is 10.1. The maximum Gasteiger partial charge on any atom is 0.173 e. The van der Waals surface area contributed by atoms with Crippen molar-refractivity contribution < 1.29 is 4.79 Å². The van der Waals surface area contributed by atoms with E-state index in [1.807, 2.05) is 6.92 Å². The van der Waals surface area contributed by atoms with E-state index in [1.54, 1.807) is 12.1 Å². The zero-order chi connectivity index (χ0) is 11.4. The SMILES string of the molecule is CCNc1c(Cl)cc(C(=O)CBr)cc1Cl. The lowest BCUT2D eigenvalue weighted by atomic mass is 10.1. The monoisotopic (exact) mass is 309 g/mol. The Morgan fingerprint density at radius 2 is 1.93 bits per heavy atom. The van der Waals surface area contributed by atoms with Gasteiger partial charge in [0.25, 0.3) is 0 Å². The molecule has 0 heterocycles. The van der Waals surface area contributed by atoms with Gasteiger partial charge in [0, 0.05) is 12.1 Å². The van der Waals surface area contributed by atoms with Crippen molar-refractivity contribution in [3.8, 4) is 0 Å². The minimum Gasteiger partial charge on any atom is -0.383 e. The van der Waals surface area contributed by atoms with Crippen LogP contribution < -0.4 is 5.32 Å². The van der Waals surface area contributed by atoms with Crippen molar-refractivity contribution in [3.05, 3.63) is 27.7 Å². The van der Waals surface area contributed by atoms with Crippen molar-refractivity contribution in [2.75, 3.05) is 17.2 Å². The van der Waals surface area contributed by atoms with Gasteiger partial charge < -0.3 is 5.32 Å². The minimum atomic E-state index is -0.0400. The number of benzene rings is 1. The largest absolute Gasteiger partial charge is 0.383 e. The van der Waals surface area contributed by atoms with E-state index in [0.717, 1.165) is 6.54 Å². The van der Waals surface area contributed by atoms with E-state index in [0.29, 0.717) is 21.3 Å². The summed E-state index contributed by atoms with van der Waals surface area (Å²) in [6.07, 6.45) is 0. The fourth-order valence-corrected chi connectivity index (χ4v) is 2.10. The van der Waals surface area contributed by atoms with Gasteiger partial charge in [-0.1, -0.05) is 39.1 Å². The van der Waals surface area contributed by atoms with Crippen LogP contribution in [-0.2, 0) is 0 Å². The fraction of sp³-hybridized carbons (Fsp3) is 0.300. The number of alkyl halides is 1. The average molecular weight is 311 g/mol. The molecule has 1 aromatic rings. The van der Waals surface area contributed by atoms with Gasteiger partial charge in [-0.05, 0) is 19.1 Å².